The Hall–Kier alpha value is -2.77. The fourth-order valence-electron chi connectivity index (χ4n) is 2.03. The van der Waals surface area contributed by atoms with Gasteiger partial charge in [-0.05, 0) is 18.9 Å². The monoisotopic (exact) mass is 290 g/mol. The molecule has 2 rings (SSSR count). The number of carbonyl (C=O) groups excluding carboxylic acids is 2. The van der Waals surface area contributed by atoms with Crippen LogP contribution in [0.5, 0.6) is 0 Å². The van der Waals surface area contributed by atoms with E-state index in [2.05, 4.69) is 15.8 Å². The molecule has 1 fully saturated rings. The van der Waals surface area contributed by atoms with Gasteiger partial charge in [0.05, 0.1) is 16.7 Å². The normalized spacial score (nSPS) is 18.3. The Bertz CT molecular complexity index is 600. The first-order chi connectivity index (χ1) is 10.1. The highest BCUT2D eigenvalue weighted by molar-refractivity contribution is 6.01. The summed E-state index contributed by atoms with van der Waals surface area (Å²) in [5, 5.41) is 17.1. The second kappa shape index (κ2) is 6.60. The van der Waals surface area contributed by atoms with Crippen LogP contribution in [0.3, 0.4) is 0 Å². The van der Waals surface area contributed by atoms with Gasteiger partial charge in [0.15, 0.2) is 0 Å². The minimum absolute atomic E-state index is 0.106. The zero-order valence-electron chi connectivity index (χ0n) is 11.1. The first-order valence-corrected chi connectivity index (χ1v) is 6.43. The van der Waals surface area contributed by atoms with Crippen LogP contribution in [0.1, 0.15) is 18.4 Å². The molecule has 1 aromatic rings. The topological polar surface area (TPSA) is 114 Å². The number of nitrogens with one attached hydrogen (secondary N) is 2. The van der Waals surface area contributed by atoms with E-state index in [1.807, 2.05) is 0 Å². The number of rotatable bonds is 4. The first kappa shape index (κ1) is 14.6. The van der Waals surface area contributed by atoms with Gasteiger partial charge in [-0.25, -0.2) is 5.43 Å². The third-order valence-corrected chi connectivity index (χ3v) is 3.11. The van der Waals surface area contributed by atoms with Crippen LogP contribution in [0, 0.1) is 16.0 Å². The maximum Gasteiger partial charge on any atom is 0.278 e. The Kier molecular flexibility index (Phi) is 4.60. The zero-order chi connectivity index (χ0) is 15.2. The summed E-state index contributed by atoms with van der Waals surface area (Å²) in [6.07, 6.45) is 2.40. The van der Waals surface area contributed by atoms with E-state index in [4.69, 9.17) is 0 Å². The van der Waals surface area contributed by atoms with Crippen LogP contribution in [0.2, 0.25) is 0 Å². The number of benzene rings is 1. The first-order valence-electron chi connectivity index (χ1n) is 6.43. The molecule has 21 heavy (non-hydrogen) atoms. The molecule has 1 saturated heterocycles. The minimum Gasteiger partial charge on any atom is -0.355 e. The van der Waals surface area contributed by atoms with E-state index in [0.29, 0.717) is 13.0 Å². The Morgan fingerprint density at radius 2 is 2.24 bits per heavy atom. The number of hydrogen-bond acceptors (Lipinski definition) is 5. The standard InChI is InChI=1S/C13H14N4O4/c18-12-10(5-3-7-14-12)13(19)16-15-8-9-4-1-2-6-11(9)17(20)21/h1-2,4,6,8,10H,3,5,7H2,(H,14,18)(H,16,19). The van der Waals surface area contributed by atoms with Gasteiger partial charge < -0.3 is 5.32 Å². The molecule has 1 aliphatic heterocycles. The molecule has 1 heterocycles. The van der Waals surface area contributed by atoms with E-state index in [9.17, 15) is 19.7 Å². The van der Waals surface area contributed by atoms with Gasteiger partial charge in [-0.1, -0.05) is 12.1 Å². The van der Waals surface area contributed by atoms with Crippen molar-refractivity contribution in [3.05, 3.63) is 39.9 Å². The lowest BCUT2D eigenvalue weighted by molar-refractivity contribution is -0.385. The molecule has 1 aromatic carbocycles. The molecule has 2 amide bonds. The van der Waals surface area contributed by atoms with Crippen molar-refractivity contribution in [1.82, 2.24) is 10.7 Å². The predicted octanol–water partition coefficient (Wildman–Crippen LogP) is 0.571. The SMILES string of the molecule is O=C1NCCCC1C(=O)NN=Cc1ccccc1[N+](=O)[O-]. The largest absolute Gasteiger partial charge is 0.355 e. The third-order valence-electron chi connectivity index (χ3n) is 3.11. The zero-order valence-corrected chi connectivity index (χ0v) is 11.1. The summed E-state index contributed by atoms with van der Waals surface area (Å²) < 4.78 is 0. The lowest BCUT2D eigenvalue weighted by Gasteiger charge is -2.19. The molecular weight excluding hydrogens is 276 g/mol. The van der Waals surface area contributed by atoms with E-state index < -0.39 is 16.7 Å². The van der Waals surface area contributed by atoms with Crippen LogP contribution in [0.25, 0.3) is 0 Å². The van der Waals surface area contributed by atoms with E-state index in [1.54, 1.807) is 12.1 Å². The maximum atomic E-state index is 11.8. The average molecular weight is 290 g/mol. The second-order valence-electron chi connectivity index (χ2n) is 4.54. The van der Waals surface area contributed by atoms with E-state index >= 15 is 0 Å². The molecule has 0 spiro atoms. The van der Waals surface area contributed by atoms with Crippen LogP contribution in [0.15, 0.2) is 29.4 Å². The number of nitrogens with zero attached hydrogens (tertiary/aromatic N) is 2. The highest BCUT2D eigenvalue weighted by atomic mass is 16.6. The molecule has 0 radical (unpaired) electrons. The van der Waals surface area contributed by atoms with Crippen molar-refractivity contribution in [2.75, 3.05) is 6.54 Å². The Labute approximate surface area is 120 Å². The van der Waals surface area contributed by atoms with Gasteiger partial charge in [-0.15, -0.1) is 0 Å². The number of hydrazone groups is 1. The van der Waals surface area contributed by atoms with Crippen LogP contribution in [-0.4, -0.2) is 29.5 Å². The minimum atomic E-state index is -0.762. The number of carbonyl (C=O) groups is 2. The molecule has 1 atom stereocenters. The summed E-state index contributed by atoms with van der Waals surface area (Å²) in [5.74, 6) is -1.59. The van der Waals surface area contributed by atoms with Crippen LogP contribution in [0.4, 0.5) is 5.69 Å². The molecule has 110 valence electrons. The molecule has 8 heteroatoms. The number of amides is 2. The number of hydrogen-bond donors (Lipinski definition) is 2. The van der Waals surface area contributed by atoms with Gasteiger partial charge in [0.25, 0.3) is 11.6 Å². The molecule has 1 unspecified atom stereocenters. The summed E-state index contributed by atoms with van der Waals surface area (Å²) in [6.45, 7) is 0.572. The van der Waals surface area contributed by atoms with Gasteiger partial charge in [0, 0.05) is 12.6 Å². The molecular formula is C13H14N4O4. The predicted molar refractivity (Wildman–Crippen MR) is 74.6 cm³/mol. The number of nitro benzene ring substituents is 1. The maximum absolute atomic E-state index is 11.8. The van der Waals surface area contributed by atoms with E-state index in [-0.39, 0.29) is 17.2 Å². The van der Waals surface area contributed by atoms with Gasteiger partial charge in [-0.3, -0.25) is 19.7 Å². The molecule has 8 nitrogen and oxygen atoms in total. The van der Waals surface area contributed by atoms with Crippen molar-refractivity contribution in [1.29, 1.82) is 0 Å². The molecule has 0 saturated carbocycles. The highest BCUT2D eigenvalue weighted by Crippen LogP contribution is 2.15. The Morgan fingerprint density at radius 1 is 1.48 bits per heavy atom. The Morgan fingerprint density at radius 3 is 2.95 bits per heavy atom. The molecule has 2 N–H and O–H groups in total. The van der Waals surface area contributed by atoms with Crippen molar-refractivity contribution in [3.63, 3.8) is 0 Å². The third kappa shape index (κ3) is 3.62. The second-order valence-corrected chi connectivity index (χ2v) is 4.54. The van der Waals surface area contributed by atoms with Crippen LogP contribution < -0.4 is 10.7 Å². The van der Waals surface area contributed by atoms with Gasteiger partial charge in [0.2, 0.25) is 5.91 Å². The van der Waals surface area contributed by atoms with E-state index in [1.165, 1.54) is 18.3 Å². The Balaban J connectivity index is 2.01. The van der Waals surface area contributed by atoms with Crippen LogP contribution >= 0.6 is 0 Å². The van der Waals surface area contributed by atoms with Crippen LogP contribution in [-0.2, 0) is 9.59 Å². The number of piperidine rings is 1. The number of nitro groups is 1. The molecule has 0 aliphatic carbocycles. The van der Waals surface area contributed by atoms with Crippen molar-refractivity contribution in [2.45, 2.75) is 12.8 Å². The van der Waals surface area contributed by atoms with Crippen molar-refractivity contribution in [2.24, 2.45) is 11.0 Å². The van der Waals surface area contributed by atoms with Gasteiger partial charge >= 0.3 is 0 Å². The van der Waals surface area contributed by atoms with Gasteiger partial charge in [-0.2, -0.15) is 5.10 Å². The summed E-state index contributed by atoms with van der Waals surface area (Å²) in [4.78, 5) is 33.6. The smallest absolute Gasteiger partial charge is 0.278 e. The van der Waals surface area contributed by atoms with E-state index in [0.717, 1.165) is 6.42 Å². The van der Waals surface area contributed by atoms with Crippen molar-refractivity contribution < 1.29 is 14.5 Å². The lowest BCUT2D eigenvalue weighted by Crippen LogP contribution is -2.43. The molecule has 1 aliphatic rings. The molecule has 0 aromatic heterocycles. The van der Waals surface area contributed by atoms with Crippen molar-refractivity contribution >= 4 is 23.7 Å². The average Bonchev–Trinajstić information content (AvgIpc) is 2.48. The lowest BCUT2D eigenvalue weighted by atomic mass is 9.98. The quantitative estimate of drug-likeness (QED) is 0.365. The van der Waals surface area contributed by atoms with Crippen molar-refractivity contribution in [3.8, 4) is 0 Å². The highest BCUT2D eigenvalue weighted by Gasteiger charge is 2.28. The summed E-state index contributed by atoms with van der Waals surface area (Å²) in [5.41, 5.74) is 2.41. The fraction of sp³-hybridized carbons (Fsp3) is 0.308. The van der Waals surface area contributed by atoms with Gasteiger partial charge in [0.1, 0.15) is 5.92 Å². The number of para-hydroxylation sites is 1. The summed E-state index contributed by atoms with van der Waals surface area (Å²) in [7, 11) is 0. The molecule has 0 bridgehead atoms. The summed E-state index contributed by atoms with van der Waals surface area (Å²) >= 11 is 0. The summed E-state index contributed by atoms with van der Waals surface area (Å²) in [6, 6.07) is 6.03. The fourth-order valence-corrected chi connectivity index (χ4v) is 2.03.